The summed E-state index contributed by atoms with van der Waals surface area (Å²) >= 11 is 5.99. The van der Waals surface area contributed by atoms with Crippen LogP contribution >= 0.6 is 11.6 Å². The average molecular weight is 307 g/mol. The Balaban J connectivity index is 1.96. The number of aromatic nitrogens is 2. The maximum atomic E-state index is 13.8. The molecule has 1 fully saturated rings. The normalized spacial score (nSPS) is 14.2. The second-order valence-corrected chi connectivity index (χ2v) is 5.45. The summed E-state index contributed by atoms with van der Waals surface area (Å²) in [5.74, 6) is -0.892. The zero-order chi connectivity index (χ0) is 15.0. The summed E-state index contributed by atoms with van der Waals surface area (Å²) in [7, 11) is 0. The third kappa shape index (κ3) is 2.88. The summed E-state index contributed by atoms with van der Waals surface area (Å²) in [5.41, 5.74) is 0.991. The molecule has 6 heteroatoms. The Labute approximate surface area is 125 Å². The number of hydrogen-bond acceptors (Lipinski definition) is 3. The van der Waals surface area contributed by atoms with Gasteiger partial charge in [0.15, 0.2) is 0 Å². The number of benzene rings is 1. The van der Waals surface area contributed by atoms with E-state index in [1.165, 1.54) is 18.3 Å². The van der Waals surface area contributed by atoms with E-state index < -0.39 is 11.8 Å². The highest BCUT2D eigenvalue weighted by atomic mass is 35.5. The van der Waals surface area contributed by atoms with Gasteiger partial charge in [0, 0.05) is 29.1 Å². The number of nitrogens with zero attached hydrogens (tertiary/aromatic N) is 2. The molecule has 21 heavy (non-hydrogen) atoms. The molecule has 1 aromatic carbocycles. The topological polar surface area (TPSA) is 63.1 Å². The van der Waals surface area contributed by atoms with Gasteiger partial charge in [0.2, 0.25) is 0 Å². The van der Waals surface area contributed by atoms with Crippen LogP contribution in [-0.2, 0) is 6.42 Å². The van der Waals surface area contributed by atoms with Crippen LogP contribution < -0.4 is 0 Å². The first kappa shape index (κ1) is 13.9. The molecule has 0 aliphatic heterocycles. The van der Waals surface area contributed by atoms with Crippen LogP contribution in [0.15, 0.2) is 24.4 Å². The molecule has 1 aromatic heterocycles. The van der Waals surface area contributed by atoms with Crippen molar-refractivity contribution in [3.05, 3.63) is 57.9 Å². The molecule has 0 bridgehead atoms. The van der Waals surface area contributed by atoms with Crippen LogP contribution in [0.5, 0.6) is 0 Å². The van der Waals surface area contributed by atoms with E-state index in [0.29, 0.717) is 22.1 Å². The van der Waals surface area contributed by atoms with Crippen molar-refractivity contribution in [2.75, 3.05) is 0 Å². The maximum absolute atomic E-state index is 13.8. The number of rotatable bonds is 4. The molecule has 0 spiro atoms. The molecule has 1 aliphatic carbocycles. The highest BCUT2D eigenvalue weighted by Crippen LogP contribution is 2.40. The van der Waals surface area contributed by atoms with Crippen LogP contribution in [0.1, 0.15) is 46.2 Å². The largest absolute Gasteiger partial charge is 0.478 e. The molecule has 0 radical (unpaired) electrons. The summed E-state index contributed by atoms with van der Waals surface area (Å²) in [6.45, 7) is 0. The third-order valence-electron chi connectivity index (χ3n) is 3.46. The second-order valence-electron chi connectivity index (χ2n) is 5.04. The minimum absolute atomic E-state index is 0.126. The van der Waals surface area contributed by atoms with Crippen LogP contribution in [0, 0.1) is 5.82 Å². The van der Waals surface area contributed by atoms with Crippen LogP contribution in [-0.4, -0.2) is 21.0 Å². The molecule has 2 aromatic rings. The zero-order valence-corrected chi connectivity index (χ0v) is 11.8. The Morgan fingerprint density at radius 3 is 2.81 bits per heavy atom. The maximum Gasteiger partial charge on any atom is 0.339 e. The second kappa shape index (κ2) is 5.41. The van der Waals surface area contributed by atoms with Crippen molar-refractivity contribution in [3.8, 4) is 0 Å². The highest BCUT2D eigenvalue weighted by molar-refractivity contribution is 6.31. The molecule has 108 valence electrons. The molecular weight excluding hydrogens is 295 g/mol. The first-order chi connectivity index (χ1) is 10.1. The van der Waals surface area contributed by atoms with Gasteiger partial charge in [-0.1, -0.05) is 17.7 Å². The summed E-state index contributed by atoms with van der Waals surface area (Å²) in [5, 5.41) is 9.46. The number of carbonyl (C=O) groups is 1. The van der Waals surface area contributed by atoms with Crippen molar-refractivity contribution in [1.82, 2.24) is 9.97 Å². The van der Waals surface area contributed by atoms with E-state index >= 15 is 0 Å². The summed E-state index contributed by atoms with van der Waals surface area (Å²) in [6.07, 6.45) is 3.30. The summed E-state index contributed by atoms with van der Waals surface area (Å²) in [4.78, 5) is 19.5. The highest BCUT2D eigenvalue weighted by Gasteiger charge is 2.30. The molecule has 1 saturated carbocycles. The quantitative estimate of drug-likeness (QED) is 0.940. The summed E-state index contributed by atoms with van der Waals surface area (Å²) in [6, 6.07) is 4.47. The van der Waals surface area contributed by atoms with Gasteiger partial charge >= 0.3 is 5.97 Å². The van der Waals surface area contributed by atoms with E-state index in [1.54, 1.807) is 6.07 Å². The molecular formula is C15H12ClFN2O2. The lowest BCUT2D eigenvalue weighted by molar-refractivity contribution is 0.0694. The minimum Gasteiger partial charge on any atom is -0.478 e. The van der Waals surface area contributed by atoms with E-state index in [4.69, 9.17) is 16.7 Å². The first-order valence-electron chi connectivity index (χ1n) is 6.58. The molecule has 3 rings (SSSR count). The fraction of sp³-hybridized carbons (Fsp3) is 0.267. The molecule has 0 saturated heterocycles. The lowest BCUT2D eigenvalue weighted by atomic mass is 10.1. The van der Waals surface area contributed by atoms with Crippen molar-refractivity contribution in [2.24, 2.45) is 0 Å². The van der Waals surface area contributed by atoms with Gasteiger partial charge in [-0.25, -0.2) is 19.2 Å². The monoisotopic (exact) mass is 306 g/mol. The lowest BCUT2D eigenvalue weighted by Gasteiger charge is -2.08. The van der Waals surface area contributed by atoms with E-state index in [-0.39, 0.29) is 17.9 Å². The van der Waals surface area contributed by atoms with Crippen molar-refractivity contribution in [1.29, 1.82) is 0 Å². The van der Waals surface area contributed by atoms with Crippen molar-refractivity contribution in [3.63, 3.8) is 0 Å². The van der Waals surface area contributed by atoms with Crippen LogP contribution in [0.3, 0.4) is 0 Å². The predicted octanol–water partition coefficient (Wildman–Crippen LogP) is 3.44. The average Bonchev–Trinajstić information content (AvgIpc) is 3.27. The fourth-order valence-electron chi connectivity index (χ4n) is 2.21. The molecule has 1 N–H and O–H groups in total. The Kier molecular flexibility index (Phi) is 3.59. The molecule has 0 unspecified atom stereocenters. The summed E-state index contributed by atoms with van der Waals surface area (Å²) < 4.78 is 13.8. The van der Waals surface area contributed by atoms with Gasteiger partial charge in [0.05, 0.1) is 11.3 Å². The number of halogens is 2. The Hall–Kier alpha value is -2.01. The fourth-order valence-corrected chi connectivity index (χ4v) is 2.44. The number of carboxylic acids is 1. The van der Waals surface area contributed by atoms with Gasteiger partial charge in [-0.3, -0.25) is 0 Å². The molecule has 1 aliphatic rings. The van der Waals surface area contributed by atoms with E-state index in [9.17, 15) is 9.18 Å². The molecule has 0 atom stereocenters. The van der Waals surface area contributed by atoms with Gasteiger partial charge in [-0.05, 0) is 25.0 Å². The van der Waals surface area contributed by atoms with Crippen molar-refractivity contribution in [2.45, 2.75) is 25.2 Å². The van der Waals surface area contributed by atoms with E-state index in [1.807, 2.05) is 0 Å². The Bertz CT molecular complexity index is 697. The van der Waals surface area contributed by atoms with E-state index in [2.05, 4.69) is 9.97 Å². The third-order valence-corrected chi connectivity index (χ3v) is 3.81. The van der Waals surface area contributed by atoms with Crippen LogP contribution in [0.25, 0.3) is 0 Å². The minimum atomic E-state index is -1.03. The smallest absolute Gasteiger partial charge is 0.339 e. The van der Waals surface area contributed by atoms with Crippen molar-refractivity contribution >= 4 is 17.6 Å². The van der Waals surface area contributed by atoms with Gasteiger partial charge in [-0.2, -0.15) is 0 Å². The van der Waals surface area contributed by atoms with Crippen molar-refractivity contribution < 1.29 is 14.3 Å². The first-order valence-corrected chi connectivity index (χ1v) is 6.96. The Morgan fingerprint density at radius 2 is 2.19 bits per heavy atom. The predicted molar refractivity (Wildman–Crippen MR) is 75.2 cm³/mol. The Morgan fingerprint density at radius 1 is 1.43 bits per heavy atom. The van der Waals surface area contributed by atoms with Gasteiger partial charge in [0.25, 0.3) is 0 Å². The standard InChI is InChI=1S/C15H12ClFN2O2/c16-11-2-1-3-12(17)9(11)6-13-18-7-10(15(20)21)14(19-13)8-4-5-8/h1-3,7-8H,4-6H2,(H,20,21). The number of aromatic carboxylic acids is 1. The van der Waals surface area contributed by atoms with E-state index in [0.717, 1.165) is 12.8 Å². The van der Waals surface area contributed by atoms with Gasteiger partial charge in [0.1, 0.15) is 11.6 Å². The van der Waals surface area contributed by atoms with Crippen LogP contribution in [0.2, 0.25) is 5.02 Å². The molecule has 1 heterocycles. The zero-order valence-electron chi connectivity index (χ0n) is 11.0. The molecule has 4 nitrogen and oxygen atoms in total. The SMILES string of the molecule is O=C(O)c1cnc(Cc2c(F)cccc2Cl)nc1C1CC1. The van der Waals surface area contributed by atoms with Crippen LogP contribution in [0.4, 0.5) is 4.39 Å². The van der Waals surface area contributed by atoms with Gasteiger partial charge < -0.3 is 5.11 Å². The number of carboxylic acid groups (broad SMARTS) is 1. The molecule has 0 amide bonds. The van der Waals surface area contributed by atoms with Gasteiger partial charge in [-0.15, -0.1) is 0 Å². The lowest BCUT2D eigenvalue weighted by Crippen LogP contribution is -2.09. The number of hydrogen-bond donors (Lipinski definition) is 1.